The fourth-order valence-electron chi connectivity index (χ4n) is 4.24. The molecule has 0 saturated carbocycles. The van der Waals surface area contributed by atoms with Crippen LogP contribution < -0.4 is 5.32 Å². The molecule has 2 amide bonds. The molecule has 2 heterocycles. The van der Waals surface area contributed by atoms with Gasteiger partial charge in [0.25, 0.3) is 5.91 Å². The minimum atomic E-state index is -1.60. The highest BCUT2D eigenvalue weighted by atomic mass is 35.5. The van der Waals surface area contributed by atoms with Gasteiger partial charge < -0.3 is 20.1 Å². The monoisotopic (exact) mass is 538 g/mol. The molecule has 0 aliphatic carbocycles. The first-order valence-electron chi connectivity index (χ1n) is 11.7. The molecular weight excluding hydrogens is 507 g/mol. The molecule has 0 aliphatic rings. The Bertz CT molecular complexity index is 1190. The maximum absolute atomic E-state index is 12.9. The van der Waals surface area contributed by atoms with Crippen molar-refractivity contribution >= 4 is 52.1 Å². The molecular formula is C24H32Cl2N6O4. The van der Waals surface area contributed by atoms with Gasteiger partial charge in [-0.25, -0.2) is 9.78 Å². The molecule has 10 nitrogen and oxygen atoms in total. The minimum absolute atomic E-state index is 0.224. The van der Waals surface area contributed by atoms with Gasteiger partial charge in [-0.15, -0.1) is 0 Å². The molecule has 0 radical (unpaired) electrons. The van der Waals surface area contributed by atoms with Crippen LogP contribution in [0.4, 0.5) is 10.6 Å². The Labute approximate surface area is 219 Å². The van der Waals surface area contributed by atoms with Crippen molar-refractivity contribution in [3.05, 3.63) is 40.8 Å². The van der Waals surface area contributed by atoms with Crippen LogP contribution in [0, 0.1) is 5.41 Å². The van der Waals surface area contributed by atoms with Crippen LogP contribution in [0.1, 0.15) is 47.0 Å². The first-order chi connectivity index (χ1) is 16.9. The van der Waals surface area contributed by atoms with Crippen LogP contribution in [0.15, 0.2) is 30.7 Å². The molecule has 36 heavy (non-hydrogen) atoms. The zero-order valence-electron chi connectivity index (χ0n) is 20.7. The summed E-state index contributed by atoms with van der Waals surface area (Å²) < 4.78 is 1.82. The lowest BCUT2D eigenvalue weighted by molar-refractivity contribution is -0.128. The van der Waals surface area contributed by atoms with Gasteiger partial charge in [0.1, 0.15) is 5.82 Å². The number of halogens is 2. The third kappa shape index (κ3) is 6.29. The number of imidazole rings is 1. The number of carbonyl (C=O) groups is 2. The molecule has 12 heteroatoms. The van der Waals surface area contributed by atoms with Crippen LogP contribution >= 0.6 is 23.2 Å². The standard InChI is InChI=1S/C24H32Cl2N6O4/c1-5-6-7-17(21(33)22(34)29-20-8-9-28-30-20)32(23(35)36)19(24(2,3)4)12-31-13-27-16-10-14(25)15(26)11-18(16)31/h8-11,13,17,19,21,33H,5-7,12H2,1-4H3,(H,35,36)(H2,28,29,30,34)/t17-,19+,21+/m0/s1. The summed E-state index contributed by atoms with van der Waals surface area (Å²) in [6.07, 6.45) is 1.94. The highest BCUT2D eigenvalue weighted by Gasteiger charge is 2.42. The summed E-state index contributed by atoms with van der Waals surface area (Å²) in [5.74, 6) is -0.406. The number of aliphatic hydroxyl groups is 1. The Morgan fingerprint density at radius 3 is 2.53 bits per heavy atom. The van der Waals surface area contributed by atoms with Crippen molar-refractivity contribution < 1.29 is 19.8 Å². The number of aromatic nitrogens is 4. The SMILES string of the molecule is CCCC[C@@H]([C@@H](O)C(=O)Nc1ccn[nH]1)N(C(=O)O)[C@H](Cn1cnc2cc(Cl)c(Cl)cc21)C(C)(C)C. The summed E-state index contributed by atoms with van der Waals surface area (Å²) in [5, 5.41) is 31.2. The first-order valence-corrected chi connectivity index (χ1v) is 12.5. The second-order valence-electron chi connectivity index (χ2n) is 9.84. The fraction of sp³-hybridized carbons (Fsp3) is 0.500. The van der Waals surface area contributed by atoms with Gasteiger partial charge in [-0.2, -0.15) is 5.10 Å². The van der Waals surface area contributed by atoms with Crippen molar-refractivity contribution in [2.24, 2.45) is 5.41 Å². The van der Waals surface area contributed by atoms with E-state index in [2.05, 4.69) is 20.5 Å². The molecule has 1 aromatic carbocycles. The Morgan fingerprint density at radius 2 is 1.94 bits per heavy atom. The van der Waals surface area contributed by atoms with Gasteiger partial charge in [-0.3, -0.25) is 14.8 Å². The summed E-state index contributed by atoms with van der Waals surface area (Å²) >= 11 is 12.4. The van der Waals surface area contributed by atoms with Crippen LogP contribution in [-0.2, 0) is 11.3 Å². The van der Waals surface area contributed by atoms with Crippen molar-refractivity contribution in [1.29, 1.82) is 0 Å². The molecule has 0 saturated heterocycles. The third-order valence-electron chi connectivity index (χ3n) is 6.19. The number of carboxylic acid groups (broad SMARTS) is 1. The zero-order valence-corrected chi connectivity index (χ0v) is 22.2. The zero-order chi connectivity index (χ0) is 26.6. The molecule has 3 atom stereocenters. The largest absolute Gasteiger partial charge is 0.465 e. The number of benzene rings is 1. The maximum atomic E-state index is 12.9. The van der Waals surface area contributed by atoms with Gasteiger partial charge in [0.15, 0.2) is 6.10 Å². The number of H-pyrrole nitrogens is 1. The van der Waals surface area contributed by atoms with Crippen LogP contribution in [0.25, 0.3) is 11.0 Å². The quantitative estimate of drug-likeness (QED) is 0.286. The van der Waals surface area contributed by atoms with Gasteiger partial charge in [-0.05, 0) is 24.0 Å². The Kier molecular flexibility index (Phi) is 8.86. The third-order valence-corrected chi connectivity index (χ3v) is 6.91. The van der Waals surface area contributed by atoms with E-state index >= 15 is 0 Å². The Balaban J connectivity index is 2.00. The molecule has 3 aromatic rings. The first kappa shape index (κ1) is 27.8. The van der Waals surface area contributed by atoms with E-state index in [1.54, 1.807) is 24.5 Å². The van der Waals surface area contributed by atoms with Gasteiger partial charge in [0.2, 0.25) is 0 Å². The van der Waals surface area contributed by atoms with Crippen molar-refractivity contribution in [2.45, 2.75) is 71.7 Å². The van der Waals surface area contributed by atoms with E-state index in [0.29, 0.717) is 39.7 Å². The summed E-state index contributed by atoms with van der Waals surface area (Å²) in [5.41, 5.74) is 0.766. The van der Waals surface area contributed by atoms with E-state index in [0.717, 1.165) is 6.42 Å². The molecule has 196 valence electrons. The van der Waals surface area contributed by atoms with Crippen LogP contribution in [0.5, 0.6) is 0 Å². The predicted octanol–water partition coefficient (Wildman–Crippen LogP) is 5.02. The lowest BCUT2D eigenvalue weighted by atomic mass is 9.83. The summed E-state index contributed by atoms with van der Waals surface area (Å²) in [6.45, 7) is 7.95. The number of aromatic amines is 1. The second kappa shape index (κ2) is 11.5. The number of unbranched alkanes of at least 4 members (excludes halogenated alkanes) is 1. The smallest absolute Gasteiger partial charge is 0.407 e. The molecule has 4 N–H and O–H groups in total. The van der Waals surface area contributed by atoms with E-state index in [4.69, 9.17) is 23.2 Å². The lowest BCUT2D eigenvalue weighted by Crippen LogP contribution is -2.59. The van der Waals surface area contributed by atoms with Gasteiger partial charge in [0, 0.05) is 12.6 Å². The van der Waals surface area contributed by atoms with E-state index < -0.39 is 35.6 Å². The normalized spacial score (nSPS) is 14.4. The highest BCUT2D eigenvalue weighted by molar-refractivity contribution is 6.42. The average Bonchev–Trinajstić information content (AvgIpc) is 3.44. The number of nitrogens with zero attached hydrogens (tertiary/aromatic N) is 4. The molecule has 0 unspecified atom stereocenters. The average molecular weight is 539 g/mol. The number of rotatable bonds is 10. The number of anilines is 1. The number of hydrogen-bond donors (Lipinski definition) is 4. The molecule has 2 aromatic heterocycles. The Morgan fingerprint density at radius 1 is 1.25 bits per heavy atom. The number of hydrogen-bond acceptors (Lipinski definition) is 5. The number of aliphatic hydroxyl groups excluding tert-OH is 1. The number of nitrogens with one attached hydrogen (secondary N) is 2. The molecule has 3 rings (SSSR count). The van der Waals surface area contributed by atoms with Gasteiger partial charge in [0.05, 0.1) is 45.7 Å². The van der Waals surface area contributed by atoms with E-state index in [1.165, 1.54) is 11.1 Å². The Hall–Kier alpha value is -2.82. The van der Waals surface area contributed by atoms with Crippen LogP contribution in [-0.4, -0.2) is 65.0 Å². The van der Waals surface area contributed by atoms with E-state index in [-0.39, 0.29) is 6.54 Å². The van der Waals surface area contributed by atoms with Crippen molar-refractivity contribution in [1.82, 2.24) is 24.6 Å². The van der Waals surface area contributed by atoms with Crippen LogP contribution in [0.3, 0.4) is 0 Å². The van der Waals surface area contributed by atoms with Crippen LogP contribution in [0.2, 0.25) is 10.0 Å². The molecule has 0 spiro atoms. The topological polar surface area (TPSA) is 136 Å². The van der Waals surface area contributed by atoms with Gasteiger partial charge >= 0.3 is 6.09 Å². The van der Waals surface area contributed by atoms with Gasteiger partial charge in [-0.1, -0.05) is 63.7 Å². The molecule has 0 bridgehead atoms. The summed E-state index contributed by atoms with van der Waals surface area (Å²) in [7, 11) is 0. The number of fused-ring (bicyclic) bond motifs is 1. The number of carbonyl (C=O) groups excluding carboxylic acids is 1. The van der Waals surface area contributed by atoms with Crippen molar-refractivity contribution in [3.63, 3.8) is 0 Å². The molecule has 0 aliphatic heterocycles. The summed E-state index contributed by atoms with van der Waals surface area (Å²) in [6, 6.07) is 3.28. The highest BCUT2D eigenvalue weighted by Crippen LogP contribution is 2.33. The van der Waals surface area contributed by atoms with Crippen molar-refractivity contribution in [2.75, 3.05) is 5.32 Å². The van der Waals surface area contributed by atoms with E-state index in [1.807, 2.05) is 32.3 Å². The van der Waals surface area contributed by atoms with Crippen molar-refractivity contribution in [3.8, 4) is 0 Å². The number of amides is 2. The van der Waals surface area contributed by atoms with E-state index in [9.17, 15) is 19.8 Å². The fourth-order valence-corrected chi connectivity index (χ4v) is 4.56. The lowest BCUT2D eigenvalue weighted by Gasteiger charge is -2.44. The second-order valence-corrected chi connectivity index (χ2v) is 10.7. The predicted molar refractivity (Wildman–Crippen MR) is 139 cm³/mol. The maximum Gasteiger partial charge on any atom is 0.407 e. The molecule has 0 fully saturated rings. The minimum Gasteiger partial charge on any atom is -0.465 e. The summed E-state index contributed by atoms with van der Waals surface area (Å²) in [4.78, 5) is 31.2.